The molecular weight excluding hydrogens is 905 g/mol. The van der Waals surface area contributed by atoms with Crippen LogP contribution < -0.4 is 9.80 Å². The lowest BCUT2D eigenvalue weighted by molar-refractivity contribution is 0.768. The van der Waals surface area contributed by atoms with Crippen molar-refractivity contribution in [1.29, 1.82) is 0 Å². The minimum absolute atomic E-state index is 0.579. The van der Waals surface area contributed by atoms with Crippen LogP contribution in [-0.4, -0.2) is 0 Å². The number of para-hydroxylation sites is 3. The molecule has 1 aliphatic carbocycles. The zero-order valence-corrected chi connectivity index (χ0v) is 41.4. The summed E-state index contributed by atoms with van der Waals surface area (Å²) in [6.45, 7) is 0. The summed E-state index contributed by atoms with van der Waals surface area (Å²) in [6.07, 6.45) is 0. The number of rotatable bonds is 12. The summed E-state index contributed by atoms with van der Waals surface area (Å²) >= 11 is 0. The summed E-state index contributed by atoms with van der Waals surface area (Å²) in [6, 6.07) is 115. The summed E-state index contributed by atoms with van der Waals surface area (Å²) in [5.41, 5.74) is 22.4. The van der Waals surface area contributed by atoms with Crippen LogP contribution in [0.25, 0.3) is 55.6 Å². The van der Waals surface area contributed by atoms with Crippen LogP contribution in [0.3, 0.4) is 0 Å². The Kier molecular flexibility index (Phi) is 11.8. The Labute approximate surface area is 440 Å². The molecule has 0 spiro atoms. The molecule has 75 heavy (non-hydrogen) atoms. The van der Waals surface area contributed by atoms with Gasteiger partial charge in [0.2, 0.25) is 0 Å². The van der Waals surface area contributed by atoms with Gasteiger partial charge in [-0.05, 0) is 133 Å². The Morgan fingerprint density at radius 1 is 0.213 bits per heavy atom. The molecule has 12 aromatic carbocycles. The van der Waals surface area contributed by atoms with Gasteiger partial charge >= 0.3 is 0 Å². The van der Waals surface area contributed by atoms with Gasteiger partial charge in [0.05, 0.1) is 11.1 Å². The molecule has 0 atom stereocenters. The first-order valence-electron chi connectivity index (χ1n) is 25.8. The van der Waals surface area contributed by atoms with Crippen LogP contribution in [0.15, 0.2) is 315 Å². The van der Waals surface area contributed by atoms with Crippen LogP contribution in [0.5, 0.6) is 0 Å². The maximum Gasteiger partial charge on any atom is 0.0714 e. The molecule has 0 N–H and O–H groups in total. The molecule has 0 aliphatic heterocycles. The largest absolute Gasteiger partial charge is 0.310 e. The Bertz CT molecular complexity index is 3820. The van der Waals surface area contributed by atoms with E-state index in [1.54, 1.807) is 0 Å². The average Bonchev–Trinajstić information content (AvgIpc) is 3.82. The Morgan fingerprint density at radius 2 is 0.613 bits per heavy atom. The van der Waals surface area contributed by atoms with Crippen molar-refractivity contribution in [3.63, 3.8) is 0 Å². The minimum atomic E-state index is -0.579. The van der Waals surface area contributed by atoms with Crippen LogP contribution >= 0.6 is 0 Å². The molecule has 0 saturated heterocycles. The molecule has 1 aliphatic rings. The zero-order valence-electron chi connectivity index (χ0n) is 41.4. The second-order valence-electron chi connectivity index (χ2n) is 19.2. The molecule has 0 fully saturated rings. The topological polar surface area (TPSA) is 6.48 Å². The number of hydrogen-bond donors (Lipinski definition) is 0. The van der Waals surface area contributed by atoms with Crippen LogP contribution in [0.2, 0.25) is 0 Å². The van der Waals surface area contributed by atoms with Gasteiger partial charge in [0, 0.05) is 34.0 Å². The van der Waals surface area contributed by atoms with E-state index in [-0.39, 0.29) is 0 Å². The lowest BCUT2D eigenvalue weighted by Crippen LogP contribution is -2.28. The van der Waals surface area contributed by atoms with Crippen molar-refractivity contribution in [3.05, 3.63) is 338 Å². The van der Waals surface area contributed by atoms with Gasteiger partial charge < -0.3 is 9.80 Å². The van der Waals surface area contributed by atoms with Gasteiger partial charge in [0.15, 0.2) is 0 Å². The monoisotopic (exact) mass is 956 g/mol. The zero-order chi connectivity index (χ0) is 50.0. The van der Waals surface area contributed by atoms with E-state index in [9.17, 15) is 0 Å². The first kappa shape index (κ1) is 45.1. The molecule has 0 amide bonds. The van der Waals surface area contributed by atoms with Crippen molar-refractivity contribution in [2.75, 3.05) is 9.80 Å². The normalized spacial score (nSPS) is 12.1. The Balaban J connectivity index is 1.13. The van der Waals surface area contributed by atoms with Gasteiger partial charge in [0.25, 0.3) is 0 Å². The van der Waals surface area contributed by atoms with Crippen LogP contribution in [0.4, 0.5) is 34.1 Å². The molecule has 2 nitrogen and oxygen atoms in total. The summed E-state index contributed by atoms with van der Waals surface area (Å²) < 4.78 is 0. The first-order valence-corrected chi connectivity index (χ1v) is 25.8. The number of nitrogens with zero attached hydrogens (tertiary/aromatic N) is 2. The molecule has 13 rings (SSSR count). The third-order valence-corrected chi connectivity index (χ3v) is 14.9. The molecule has 0 radical (unpaired) electrons. The summed E-state index contributed by atoms with van der Waals surface area (Å²) in [5, 5.41) is 0. The van der Waals surface area contributed by atoms with Crippen molar-refractivity contribution < 1.29 is 0 Å². The van der Waals surface area contributed by atoms with E-state index >= 15 is 0 Å². The van der Waals surface area contributed by atoms with Crippen molar-refractivity contribution in [2.45, 2.75) is 5.41 Å². The summed E-state index contributed by atoms with van der Waals surface area (Å²) in [5.74, 6) is 0. The number of benzene rings is 12. The third kappa shape index (κ3) is 8.10. The molecule has 0 aromatic heterocycles. The highest BCUT2D eigenvalue weighted by molar-refractivity contribution is 5.99. The maximum absolute atomic E-state index is 2.47. The molecule has 0 heterocycles. The van der Waals surface area contributed by atoms with Crippen molar-refractivity contribution in [3.8, 4) is 55.6 Å². The van der Waals surface area contributed by atoms with E-state index in [4.69, 9.17) is 0 Å². The van der Waals surface area contributed by atoms with E-state index in [0.29, 0.717) is 0 Å². The minimum Gasteiger partial charge on any atom is -0.310 e. The van der Waals surface area contributed by atoms with Crippen molar-refractivity contribution >= 4 is 34.1 Å². The highest BCUT2D eigenvalue weighted by Crippen LogP contribution is 2.58. The van der Waals surface area contributed by atoms with Gasteiger partial charge in [-0.3, -0.25) is 0 Å². The third-order valence-electron chi connectivity index (χ3n) is 14.9. The Morgan fingerprint density at radius 3 is 1.16 bits per heavy atom. The fourth-order valence-corrected chi connectivity index (χ4v) is 11.7. The highest BCUT2D eigenvalue weighted by Gasteiger charge is 2.46. The molecular formula is C73H52N2. The van der Waals surface area contributed by atoms with Gasteiger partial charge in [0.1, 0.15) is 0 Å². The molecule has 0 unspecified atom stereocenters. The lowest BCUT2D eigenvalue weighted by Gasteiger charge is -2.35. The van der Waals surface area contributed by atoms with E-state index in [1.807, 2.05) is 0 Å². The summed E-state index contributed by atoms with van der Waals surface area (Å²) in [4.78, 5) is 4.91. The molecule has 354 valence electrons. The lowest BCUT2D eigenvalue weighted by atomic mass is 9.67. The quantitative estimate of drug-likeness (QED) is 0.120. The van der Waals surface area contributed by atoms with Crippen LogP contribution in [-0.2, 0) is 5.41 Å². The van der Waals surface area contributed by atoms with Gasteiger partial charge in [-0.1, -0.05) is 255 Å². The molecule has 0 saturated carbocycles. The van der Waals surface area contributed by atoms with E-state index in [1.165, 1.54) is 33.4 Å². The van der Waals surface area contributed by atoms with E-state index in [0.717, 1.165) is 78.6 Å². The van der Waals surface area contributed by atoms with E-state index < -0.39 is 5.41 Å². The second kappa shape index (κ2) is 19.7. The molecule has 12 aromatic rings. The first-order chi connectivity index (χ1) is 37.2. The van der Waals surface area contributed by atoms with E-state index in [2.05, 4.69) is 325 Å². The molecule has 0 bridgehead atoms. The number of fused-ring (bicyclic) bond motifs is 3. The fourth-order valence-electron chi connectivity index (χ4n) is 11.7. The maximum atomic E-state index is 2.47. The number of hydrogen-bond acceptors (Lipinski definition) is 2. The SMILES string of the molecule is c1ccc(-c2ccccc2N(c2ccccc2)c2cc(-c3c(-c4ccccc4)cccc3-c3ccccc3)cc(N(c3ccccc3)c3ccc4c(c3)C(c3ccccc3)(c3ccccc3)c3ccccc3-4)c2)cc1. The van der Waals surface area contributed by atoms with Crippen LogP contribution in [0, 0.1) is 0 Å². The van der Waals surface area contributed by atoms with Crippen molar-refractivity contribution in [1.82, 2.24) is 0 Å². The second-order valence-corrected chi connectivity index (χ2v) is 19.2. The standard InChI is InChI=1S/C73H52N2/c1-8-27-53(28-9-1)64-41-23-25-46-71(64)75(60-39-20-7-21-40-60)63-50-56(72-65(54-29-10-2-11-30-54)43-26-44-66(72)55-31-12-3-13-32-55)49-62(51-63)74(59-37-18-6-19-38-59)61-47-48-68-67-42-22-24-45-69(67)73(70(68)52-61,57-33-14-4-15-34-57)58-35-16-5-17-36-58/h1-52H. The average molecular weight is 957 g/mol. The summed E-state index contributed by atoms with van der Waals surface area (Å²) in [7, 11) is 0. The highest BCUT2D eigenvalue weighted by atomic mass is 15.2. The smallest absolute Gasteiger partial charge is 0.0714 e. The van der Waals surface area contributed by atoms with Gasteiger partial charge in [-0.2, -0.15) is 0 Å². The van der Waals surface area contributed by atoms with Gasteiger partial charge in [-0.25, -0.2) is 0 Å². The predicted octanol–water partition coefficient (Wildman–Crippen LogP) is 19.7. The molecule has 2 heteroatoms. The predicted molar refractivity (Wildman–Crippen MR) is 315 cm³/mol. The fraction of sp³-hybridized carbons (Fsp3) is 0.0137. The Hall–Kier alpha value is -9.76. The van der Waals surface area contributed by atoms with Crippen molar-refractivity contribution in [2.24, 2.45) is 0 Å². The van der Waals surface area contributed by atoms with Gasteiger partial charge in [-0.15, -0.1) is 0 Å². The number of anilines is 6. The van der Waals surface area contributed by atoms with Crippen LogP contribution in [0.1, 0.15) is 22.3 Å².